The van der Waals surface area contributed by atoms with Crippen molar-refractivity contribution >= 4 is 54.7 Å². The van der Waals surface area contributed by atoms with Gasteiger partial charge in [0.2, 0.25) is 0 Å². The van der Waals surface area contributed by atoms with Gasteiger partial charge in [-0.3, -0.25) is 0 Å². The number of oxime groups is 2. The van der Waals surface area contributed by atoms with Gasteiger partial charge in [0.05, 0.1) is 11.4 Å². The van der Waals surface area contributed by atoms with E-state index in [9.17, 15) is 0 Å². The van der Waals surface area contributed by atoms with Gasteiger partial charge in [0.15, 0.2) is 0 Å². The molecule has 184 valence electrons. The van der Waals surface area contributed by atoms with Crippen molar-refractivity contribution in [3.8, 4) is 0 Å². The molecule has 0 atom stereocenters. The van der Waals surface area contributed by atoms with E-state index in [2.05, 4.69) is 77.1 Å². The van der Waals surface area contributed by atoms with Crippen LogP contribution in [0.15, 0.2) is 55.7 Å². The number of hydrogen-bond donors (Lipinski definition) is 2. The fourth-order valence-electron chi connectivity index (χ4n) is 3.72. The zero-order chi connectivity index (χ0) is 24.2. The minimum Gasteiger partial charge on any atom is -0.396 e. The van der Waals surface area contributed by atoms with Crippen LogP contribution in [0.2, 0.25) is 0 Å². The van der Waals surface area contributed by atoms with Crippen LogP contribution in [0.1, 0.15) is 63.5 Å². The van der Waals surface area contributed by atoms with E-state index in [1.807, 2.05) is 26.0 Å². The lowest BCUT2D eigenvalue weighted by Crippen LogP contribution is -2.09. The Bertz CT molecular complexity index is 915. The highest BCUT2D eigenvalue weighted by molar-refractivity contribution is 9.10. The van der Waals surface area contributed by atoms with E-state index in [4.69, 9.17) is 9.68 Å². The van der Waals surface area contributed by atoms with Crippen LogP contribution >= 0.6 is 31.9 Å². The SMILES string of the molecule is C/C1=N\OCCCCCNc2cc(Br)ccc2/C(C)=N/OCCCCCNc2cc(Br)ccc21. The van der Waals surface area contributed by atoms with E-state index >= 15 is 0 Å². The zero-order valence-electron chi connectivity index (χ0n) is 20.0. The second kappa shape index (κ2) is 14.4. The van der Waals surface area contributed by atoms with Crippen LogP contribution in [0.25, 0.3) is 0 Å². The van der Waals surface area contributed by atoms with Crippen molar-refractivity contribution in [2.45, 2.75) is 52.4 Å². The van der Waals surface area contributed by atoms with E-state index in [-0.39, 0.29) is 0 Å². The van der Waals surface area contributed by atoms with Crippen molar-refractivity contribution in [3.63, 3.8) is 0 Å². The van der Waals surface area contributed by atoms with Crippen LogP contribution in [0.4, 0.5) is 11.4 Å². The molecule has 0 amide bonds. The van der Waals surface area contributed by atoms with E-state index in [0.29, 0.717) is 13.2 Å². The second-order valence-corrected chi connectivity index (χ2v) is 10.2. The fraction of sp³-hybridized carbons (Fsp3) is 0.462. The lowest BCUT2D eigenvalue weighted by Gasteiger charge is -2.14. The molecule has 2 N–H and O–H groups in total. The molecule has 1 aliphatic heterocycles. The van der Waals surface area contributed by atoms with Gasteiger partial charge >= 0.3 is 0 Å². The molecule has 0 unspecified atom stereocenters. The summed E-state index contributed by atoms with van der Waals surface area (Å²) in [6.45, 7) is 6.98. The summed E-state index contributed by atoms with van der Waals surface area (Å²) in [6.07, 6.45) is 6.14. The Hall–Kier alpha value is -2.06. The molecule has 8 heteroatoms. The number of hydrogen-bond acceptors (Lipinski definition) is 6. The Labute approximate surface area is 219 Å². The van der Waals surface area contributed by atoms with Crippen molar-refractivity contribution in [1.82, 2.24) is 0 Å². The first-order chi connectivity index (χ1) is 16.5. The topological polar surface area (TPSA) is 67.2 Å². The Balaban J connectivity index is 1.65. The highest BCUT2D eigenvalue weighted by atomic mass is 79.9. The minimum atomic E-state index is 0.613. The molecule has 0 bridgehead atoms. The van der Waals surface area contributed by atoms with Gasteiger partial charge in [0, 0.05) is 44.5 Å². The summed E-state index contributed by atoms with van der Waals surface area (Å²) in [5, 5.41) is 15.8. The zero-order valence-corrected chi connectivity index (χ0v) is 23.2. The van der Waals surface area contributed by atoms with Gasteiger partial charge in [-0.1, -0.05) is 42.2 Å². The molecule has 0 aliphatic carbocycles. The van der Waals surface area contributed by atoms with E-state index < -0.39 is 0 Å². The van der Waals surface area contributed by atoms with E-state index in [1.54, 1.807) is 0 Å². The van der Waals surface area contributed by atoms with Gasteiger partial charge in [-0.15, -0.1) is 0 Å². The number of benzene rings is 2. The lowest BCUT2D eigenvalue weighted by atomic mass is 10.1. The lowest BCUT2D eigenvalue weighted by molar-refractivity contribution is 0.140. The summed E-state index contributed by atoms with van der Waals surface area (Å²) < 4.78 is 2.08. The van der Waals surface area contributed by atoms with Crippen LogP contribution in [0.3, 0.4) is 0 Å². The highest BCUT2D eigenvalue weighted by Gasteiger charge is 2.09. The van der Waals surface area contributed by atoms with Gasteiger partial charge in [-0.2, -0.15) is 0 Å². The predicted molar refractivity (Wildman–Crippen MR) is 149 cm³/mol. The number of anilines is 2. The largest absolute Gasteiger partial charge is 0.396 e. The van der Waals surface area contributed by atoms with E-state index in [1.165, 1.54) is 0 Å². The molecule has 0 radical (unpaired) electrons. The smallest absolute Gasteiger partial charge is 0.117 e. The Morgan fingerprint density at radius 3 is 1.53 bits per heavy atom. The third kappa shape index (κ3) is 8.62. The van der Waals surface area contributed by atoms with Gasteiger partial charge in [-0.25, -0.2) is 0 Å². The van der Waals surface area contributed by atoms with Crippen LogP contribution in [0, 0.1) is 0 Å². The summed E-state index contributed by atoms with van der Waals surface area (Å²) in [7, 11) is 0. The molecule has 34 heavy (non-hydrogen) atoms. The van der Waals surface area contributed by atoms with Gasteiger partial charge in [0.25, 0.3) is 0 Å². The maximum Gasteiger partial charge on any atom is 0.117 e. The van der Waals surface area contributed by atoms with Gasteiger partial charge in [0.1, 0.15) is 13.2 Å². The van der Waals surface area contributed by atoms with Crippen molar-refractivity contribution < 1.29 is 9.68 Å². The molecule has 0 fully saturated rings. The van der Waals surface area contributed by atoms with Crippen molar-refractivity contribution in [2.75, 3.05) is 36.9 Å². The number of rotatable bonds is 0. The monoisotopic (exact) mass is 592 g/mol. The van der Waals surface area contributed by atoms with Gasteiger partial charge in [-0.05, 0) is 88.8 Å². The van der Waals surface area contributed by atoms with Crippen molar-refractivity contribution in [2.24, 2.45) is 10.3 Å². The summed E-state index contributed by atoms with van der Waals surface area (Å²) in [5.74, 6) is 0. The Morgan fingerprint density at radius 1 is 0.647 bits per heavy atom. The number of halogens is 2. The molecule has 0 spiro atoms. The maximum atomic E-state index is 5.62. The standard InChI is InChI=1S/C26H34Br2N4O2/c1-19-23-11-9-21(27)17-25(23)29-13-5-4-8-16-34-32-20(2)24-12-10-22(28)18-26(24)30-14-6-3-7-15-33-31-19/h9-12,17-18,29-30H,3-8,13-16H2,1-2H3/b31-19+,32-20+. The van der Waals surface area contributed by atoms with Crippen LogP contribution in [-0.2, 0) is 9.68 Å². The number of nitrogens with one attached hydrogen (secondary N) is 2. The van der Waals surface area contributed by atoms with E-state index in [0.717, 1.165) is 94.5 Å². The molecule has 2 aromatic carbocycles. The predicted octanol–water partition coefficient (Wildman–Crippen LogP) is 7.57. The molecule has 2 aromatic rings. The van der Waals surface area contributed by atoms with Crippen molar-refractivity contribution in [1.29, 1.82) is 0 Å². The second-order valence-electron chi connectivity index (χ2n) is 8.37. The number of nitrogens with zero attached hydrogens (tertiary/aromatic N) is 2. The Kier molecular flexibility index (Phi) is 11.2. The molecule has 1 heterocycles. The fourth-order valence-corrected chi connectivity index (χ4v) is 4.44. The quantitative estimate of drug-likeness (QED) is 0.330. The molecular formula is C26H34Br2N4O2. The third-order valence-electron chi connectivity index (χ3n) is 5.60. The van der Waals surface area contributed by atoms with Crippen LogP contribution in [0.5, 0.6) is 0 Å². The normalized spacial score (nSPS) is 20.0. The summed E-state index contributed by atoms with van der Waals surface area (Å²) in [4.78, 5) is 11.2. The molecule has 1 aliphatic rings. The molecule has 6 nitrogen and oxygen atoms in total. The molecule has 0 saturated carbocycles. The highest BCUT2D eigenvalue weighted by Crippen LogP contribution is 2.24. The maximum absolute atomic E-state index is 5.62. The average Bonchev–Trinajstić information content (AvgIpc) is 2.81. The molecular weight excluding hydrogens is 560 g/mol. The average molecular weight is 594 g/mol. The van der Waals surface area contributed by atoms with Crippen molar-refractivity contribution in [3.05, 3.63) is 56.5 Å². The van der Waals surface area contributed by atoms with Crippen LogP contribution < -0.4 is 10.6 Å². The Morgan fingerprint density at radius 2 is 1.09 bits per heavy atom. The van der Waals surface area contributed by atoms with Crippen LogP contribution in [-0.4, -0.2) is 37.7 Å². The first-order valence-electron chi connectivity index (χ1n) is 12.0. The summed E-state index contributed by atoms with van der Waals surface area (Å²) >= 11 is 7.15. The minimum absolute atomic E-state index is 0.613. The first kappa shape index (κ1) is 26.5. The molecule has 0 aromatic heterocycles. The summed E-state index contributed by atoms with van der Waals surface area (Å²) in [5.41, 5.74) is 6.01. The van der Waals surface area contributed by atoms with Gasteiger partial charge < -0.3 is 20.3 Å². The molecule has 3 rings (SSSR count). The third-order valence-corrected chi connectivity index (χ3v) is 6.59. The number of fused-ring (bicyclic) bond motifs is 2. The molecule has 0 saturated heterocycles. The summed E-state index contributed by atoms with van der Waals surface area (Å²) in [6, 6.07) is 12.4. The first-order valence-corrected chi connectivity index (χ1v) is 13.5.